The number of thioether (sulfide) groups is 1. The van der Waals surface area contributed by atoms with Crippen molar-refractivity contribution in [1.82, 2.24) is 5.32 Å². The third-order valence-electron chi connectivity index (χ3n) is 4.58. The van der Waals surface area contributed by atoms with Crippen LogP contribution in [-0.4, -0.2) is 30.3 Å². The molecule has 2 aliphatic rings. The number of halogens is 1. The molecule has 0 aromatic carbocycles. The fourth-order valence-electron chi connectivity index (χ4n) is 3.51. The van der Waals surface area contributed by atoms with Crippen molar-refractivity contribution in [1.29, 1.82) is 0 Å². The maximum absolute atomic E-state index is 6.16. The van der Waals surface area contributed by atoms with Gasteiger partial charge in [0, 0.05) is 12.4 Å². The first-order valence-corrected chi connectivity index (χ1v) is 9.87. The molecular weight excluding hydrogens is 350 g/mol. The van der Waals surface area contributed by atoms with Crippen molar-refractivity contribution in [3.63, 3.8) is 0 Å². The van der Waals surface area contributed by atoms with E-state index in [1.165, 1.54) is 12.2 Å². The van der Waals surface area contributed by atoms with Crippen LogP contribution in [0.5, 0.6) is 0 Å². The van der Waals surface area contributed by atoms with E-state index >= 15 is 0 Å². The summed E-state index contributed by atoms with van der Waals surface area (Å²) in [6, 6.07) is 4.40. The first kappa shape index (κ1) is 15.9. The third-order valence-corrected chi connectivity index (χ3v) is 6.23. The van der Waals surface area contributed by atoms with Crippen LogP contribution in [0.3, 0.4) is 0 Å². The Labute approximate surface area is 139 Å². The predicted molar refractivity (Wildman–Crippen MR) is 90.8 cm³/mol. The van der Waals surface area contributed by atoms with E-state index in [0.717, 1.165) is 48.6 Å². The van der Waals surface area contributed by atoms with Gasteiger partial charge in [0.15, 0.2) is 4.67 Å². The predicted octanol–water partition coefficient (Wildman–Crippen LogP) is 4.39. The number of hydrogen-bond acceptors (Lipinski definition) is 4. The van der Waals surface area contributed by atoms with Crippen molar-refractivity contribution in [2.75, 3.05) is 24.7 Å². The molecule has 118 valence electrons. The summed E-state index contributed by atoms with van der Waals surface area (Å²) >= 11 is 5.46. The van der Waals surface area contributed by atoms with Crippen molar-refractivity contribution in [3.05, 3.63) is 22.6 Å². The van der Waals surface area contributed by atoms with Gasteiger partial charge in [-0.3, -0.25) is 0 Å². The summed E-state index contributed by atoms with van der Waals surface area (Å²) in [6.07, 6.45) is 4.62. The zero-order valence-electron chi connectivity index (χ0n) is 12.6. The van der Waals surface area contributed by atoms with Gasteiger partial charge in [-0.1, -0.05) is 6.92 Å². The van der Waals surface area contributed by atoms with Gasteiger partial charge in [-0.15, -0.1) is 0 Å². The number of nitrogens with one attached hydrogen (secondary N) is 1. The molecule has 1 aromatic rings. The van der Waals surface area contributed by atoms with E-state index < -0.39 is 0 Å². The van der Waals surface area contributed by atoms with E-state index in [1.54, 1.807) is 0 Å². The lowest BCUT2D eigenvalue weighted by atomic mass is 9.80. The molecule has 5 heteroatoms. The molecule has 2 aliphatic heterocycles. The van der Waals surface area contributed by atoms with Gasteiger partial charge in [0.25, 0.3) is 0 Å². The Morgan fingerprint density at radius 1 is 1.52 bits per heavy atom. The summed E-state index contributed by atoms with van der Waals surface area (Å²) in [5, 5.41) is 3.70. The molecule has 1 aromatic heterocycles. The van der Waals surface area contributed by atoms with Gasteiger partial charge in [0.05, 0.1) is 11.6 Å². The lowest BCUT2D eigenvalue weighted by Gasteiger charge is -2.40. The van der Waals surface area contributed by atoms with Crippen molar-refractivity contribution >= 4 is 27.7 Å². The number of hydrogen-bond donors (Lipinski definition) is 1. The first-order chi connectivity index (χ1) is 10.2. The highest BCUT2D eigenvalue weighted by Crippen LogP contribution is 2.44. The first-order valence-electron chi connectivity index (χ1n) is 7.93. The van der Waals surface area contributed by atoms with Gasteiger partial charge in [-0.05, 0) is 72.0 Å². The minimum Gasteiger partial charge on any atom is -0.453 e. The molecule has 3 atom stereocenters. The molecule has 3 rings (SSSR count). The maximum Gasteiger partial charge on any atom is 0.169 e. The normalized spacial score (nSPS) is 30.9. The maximum atomic E-state index is 6.16. The fourth-order valence-corrected chi connectivity index (χ4v) is 5.21. The van der Waals surface area contributed by atoms with E-state index in [-0.39, 0.29) is 5.60 Å². The molecule has 0 saturated carbocycles. The average Bonchev–Trinajstić information content (AvgIpc) is 3.10. The summed E-state index contributed by atoms with van der Waals surface area (Å²) in [5.74, 6) is 4.06. The second-order valence-electron chi connectivity index (χ2n) is 6.16. The van der Waals surface area contributed by atoms with Gasteiger partial charge in [-0.25, -0.2) is 0 Å². The van der Waals surface area contributed by atoms with Crippen LogP contribution >= 0.6 is 27.7 Å². The van der Waals surface area contributed by atoms with Gasteiger partial charge >= 0.3 is 0 Å². The van der Waals surface area contributed by atoms with Crippen LogP contribution in [0.15, 0.2) is 21.2 Å². The lowest BCUT2D eigenvalue weighted by Crippen LogP contribution is -2.43. The van der Waals surface area contributed by atoms with Crippen molar-refractivity contribution in [2.45, 2.75) is 44.2 Å². The molecular formula is C16H24BrNO2S. The summed E-state index contributed by atoms with van der Waals surface area (Å²) in [6.45, 7) is 4.13. The lowest BCUT2D eigenvalue weighted by molar-refractivity contribution is -0.0864. The Kier molecular flexibility index (Phi) is 5.36. The summed E-state index contributed by atoms with van der Waals surface area (Å²) < 4.78 is 12.8. The topological polar surface area (TPSA) is 34.4 Å². The Morgan fingerprint density at radius 3 is 3.10 bits per heavy atom. The van der Waals surface area contributed by atoms with Crippen LogP contribution < -0.4 is 5.32 Å². The van der Waals surface area contributed by atoms with Crippen LogP contribution in [0.1, 0.15) is 44.4 Å². The molecule has 3 unspecified atom stereocenters. The number of furan rings is 1. The SMILES string of the molecule is CCCNC(c1ccc(Br)o1)C1CCOC2(CCSC2)C1. The van der Waals surface area contributed by atoms with Gasteiger partial charge in [0.1, 0.15) is 5.76 Å². The fraction of sp³-hybridized carbons (Fsp3) is 0.750. The van der Waals surface area contributed by atoms with Gasteiger partial charge < -0.3 is 14.5 Å². The smallest absolute Gasteiger partial charge is 0.169 e. The molecule has 2 fully saturated rings. The van der Waals surface area contributed by atoms with E-state index in [1.807, 2.05) is 17.8 Å². The molecule has 0 amide bonds. The molecule has 21 heavy (non-hydrogen) atoms. The van der Waals surface area contributed by atoms with Crippen LogP contribution in [0.25, 0.3) is 0 Å². The summed E-state index contributed by atoms with van der Waals surface area (Å²) in [5.41, 5.74) is 0.129. The van der Waals surface area contributed by atoms with Crippen molar-refractivity contribution in [2.24, 2.45) is 5.92 Å². The van der Waals surface area contributed by atoms with Crippen LogP contribution in [0, 0.1) is 5.92 Å². The quantitative estimate of drug-likeness (QED) is 0.829. The van der Waals surface area contributed by atoms with Crippen LogP contribution in [-0.2, 0) is 4.74 Å². The Bertz CT molecular complexity index is 459. The molecule has 3 heterocycles. The van der Waals surface area contributed by atoms with E-state index in [4.69, 9.17) is 9.15 Å². The van der Waals surface area contributed by atoms with E-state index in [9.17, 15) is 0 Å². The Hall–Kier alpha value is 0.0300. The zero-order chi connectivity index (χ0) is 14.7. The second-order valence-corrected chi connectivity index (χ2v) is 8.05. The van der Waals surface area contributed by atoms with E-state index in [0.29, 0.717) is 12.0 Å². The third kappa shape index (κ3) is 3.69. The van der Waals surface area contributed by atoms with Crippen LogP contribution in [0.2, 0.25) is 0 Å². The molecule has 1 N–H and O–H groups in total. The molecule has 3 nitrogen and oxygen atoms in total. The van der Waals surface area contributed by atoms with Crippen molar-refractivity contribution in [3.8, 4) is 0 Å². The minimum atomic E-state index is 0.129. The summed E-state index contributed by atoms with van der Waals surface area (Å²) in [7, 11) is 0. The highest BCUT2D eigenvalue weighted by Gasteiger charge is 2.43. The number of rotatable bonds is 5. The van der Waals surface area contributed by atoms with Gasteiger partial charge in [0.2, 0.25) is 0 Å². The Balaban J connectivity index is 1.75. The Morgan fingerprint density at radius 2 is 2.43 bits per heavy atom. The second kappa shape index (κ2) is 7.07. The molecule has 0 aliphatic carbocycles. The average molecular weight is 374 g/mol. The van der Waals surface area contributed by atoms with Crippen molar-refractivity contribution < 1.29 is 9.15 Å². The minimum absolute atomic E-state index is 0.129. The summed E-state index contributed by atoms with van der Waals surface area (Å²) in [4.78, 5) is 0. The van der Waals surface area contributed by atoms with E-state index in [2.05, 4.69) is 34.2 Å². The highest BCUT2D eigenvalue weighted by atomic mass is 79.9. The zero-order valence-corrected chi connectivity index (χ0v) is 15.0. The molecule has 1 spiro atoms. The largest absolute Gasteiger partial charge is 0.453 e. The monoisotopic (exact) mass is 373 g/mol. The number of ether oxygens (including phenoxy) is 1. The highest BCUT2D eigenvalue weighted by molar-refractivity contribution is 9.10. The van der Waals surface area contributed by atoms with Gasteiger partial charge in [-0.2, -0.15) is 11.8 Å². The molecule has 0 radical (unpaired) electrons. The molecule has 0 bridgehead atoms. The van der Waals surface area contributed by atoms with Crippen LogP contribution in [0.4, 0.5) is 0 Å². The molecule has 2 saturated heterocycles. The standard InChI is InChI=1S/C16H24BrNO2S/c1-2-7-18-15(13-3-4-14(17)20-13)12-5-8-19-16(10-12)6-9-21-11-16/h3-4,12,15,18H,2,5-11H2,1H3.